The van der Waals surface area contributed by atoms with E-state index in [9.17, 15) is 0 Å². The molecule has 0 aliphatic carbocycles. The van der Waals surface area contributed by atoms with E-state index in [0.29, 0.717) is 0 Å². The predicted molar refractivity (Wildman–Crippen MR) is 356 cm³/mol. The third-order valence-corrected chi connectivity index (χ3v) is 0.642. The molecule has 0 unspecified atom stereocenters. The fraction of sp³-hybridized carbons (Fsp3) is 0.0545. The third kappa shape index (κ3) is 6370. The van der Waals surface area contributed by atoms with E-state index < -0.39 is 0 Å². The molecule has 0 saturated carbocycles. The molecular formula is C55H56Co4O48-48. The number of terminal acetylenes is 2. The van der Waals surface area contributed by atoms with E-state index in [-0.39, 0.29) is 67.1 Å². The van der Waals surface area contributed by atoms with Gasteiger partial charge >= 0.3 is 0 Å². The van der Waals surface area contributed by atoms with Crippen molar-refractivity contribution in [2.75, 3.05) is 0 Å². The molecule has 0 amide bonds. The summed E-state index contributed by atoms with van der Waals surface area (Å²) < 4.78 is 0. The van der Waals surface area contributed by atoms with Gasteiger partial charge in [-0.15, -0.1) is 24.7 Å². The molecule has 0 aliphatic rings. The van der Waals surface area contributed by atoms with Gasteiger partial charge in [0.25, 0.3) is 0 Å². The molecule has 0 fully saturated rings. The van der Waals surface area contributed by atoms with E-state index in [0.717, 1.165) is 19.3 Å². The Bertz CT molecular complexity index is 579. The molecule has 107 heavy (non-hydrogen) atoms. The van der Waals surface area contributed by atoms with Crippen LogP contribution in [0.1, 0.15) is 19.3 Å². The van der Waals surface area contributed by atoms with Crippen LogP contribution in [0.3, 0.4) is 0 Å². The fourth-order valence-corrected chi connectivity index (χ4v) is 0.293. The van der Waals surface area contributed by atoms with Crippen molar-refractivity contribution < 1.29 is 297 Å². The number of hydrogen-bond donors (Lipinski definition) is 0. The Morgan fingerprint density at radius 2 is 0.131 bits per heavy atom. The maximum absolute atomic E-state index is 7.75. The molecule has 4 radical (unpaired) electrons. The van der Waals surface area contributed by atoms with Crippen LogP contribution >= 0.6 is 0 Å². The standard InChI is InChI=1S/C7H8.48CHO.4Co/c1-3-5-7-6-4-2;48*1-2;;;;/h1-2H,5-7H2;48*1H;;;;/q;48*-1;;;;. The molecule has 0 aromatic heterocycles. The van der Waals surface area contributed by atoms with E-state index in [1.54, 1.807) is 0 Å². The van der Waals surface area contributed by atoms with Crippen LogP contribution in [0.25, 0.3) is 0 Å². The summed E-state index contributed by atoms with van der Waals surface area (Å²) in [5, 5.41) is 0. The number of carbonyl (C=O) groups excluding carboxylic acids is 48. The van der Waals surface area contributed by atoms with Gasteiger partial charge < -0.3 is 230 Å². The van der Waals surface area contributed by atoms with Gasteiger partial charge in [0.15, 0.2) is 0 Å². The van der Waals surface area contributed by atoms with Crippen LogP contribution in [0.4, 0.5) is 0 Å². The topological polar surface area (TPSA) is 819 Å². The summed E-state index contributed by atoms with van der Waals surface area (Å²) in [6, 6.07) is 0. The summed E-state index contributed by atoms with van der Waals surface area (Å²) >= 11 is 0. The summed E-state index contributed by atoms with van der Waals surface area (Å²) in [6.45, 7) is 156. The first-order chi connectivity index (χ1) is 51.4. The Kier molecular flexibility index (Phi) is 36900. The average molecular weight is 1720 g/mol. The maximum atomic E-state index is 7.75. The van der Waals surface area contributed by atoms with Crippen molar-refractivity contribution in [2.24, 2.45) is 0 Å². The van der Waals surface area contributed by atoms with Gasteiger partial charge in [0, 0.05) is 80.0 Å². The Hall–Kier alpha value is -14.7. The van der Waals surface area contributed by atoms with Crippen molar-refractivity contribution >= 4 is 326 Å². The monoisotopic (exact) mass is 1720 g/mol. The van der Waals surface area contributed by atoms with Crippen LogP contribution < -0.4 is 0 Å². The first-order valence-corrected chi connectivity index (χ1v) is 13.6. The van der Waals surface area contributed by atoms with Crippen LogP contribution in [0.5, 0.6) is 0 Å². The minimum atomic E-state index is 0. The quantitative estimate of drug-likeness (QED) is 0.107. The zero-order chi connectivity index (χ0) is 102. The first kappa shape index (κ1) is 498. The normalized spacial score (nSPS) is 2.22. The fourth-order valence-electron chi connectivity index (χ4n) is 0.293. The molecule has 0 spiro atoms. The van der Waals surface area contributed by atoms with Crippen LogP contribution in [0, 0.1) is 24.7 Å². The van der Waals surface area contributed by atoms with E-state index in [1.807, 2.05) is 0 Å². The molecule has 0 saturated heterocycles. The molecule has 52 heteroatoms. The van der Waals surface area contributed by atoms with Crippen molar-refractivity contribution in [3.63, 3.8) is 0 Å². The minimum absolute atomic E-state index is 0. The zero-order valence-electron chi connectivity index (χ0n) is 52.9. The van der Waals surface area contributed by atoms with Gasteiger partial charge in [0.2, 0.25) is 0 Å². The Morgan fingerprint density at radius 3 is 0.150 bits per heavy atom. The summed E-state index contributed by atoms with van der Waals surface area (Å²) in [4.78, 5) is 372. The second-order valence-electron chi connectivity index (χ2n) is 1.26. The summed E-state index contributed by atoms with van der Waals surface area (Å²) in [5.74, 6) is 5.01. The van der Waals surface area contributed by atoms with Crippen molar-refractivity contribution in [2.45, 2.75) is 19.3 Å². The molecule has 0 aliphatic heterocycles. The average Bonchev–Trinajstić information content (AvgIpc) is 3.88. The number of rotatable bonds is 2. The molecule has 48 nitrogen and oxygen atoms in total. The maximum Gasteiger partial charge on any atom is 0.00951 e. The molecule has 0 rings (SSSR count). The summed E-state index contributed by atoms with van der Waals surface area (Å²) in [7, 11) is 0. The molecule has 0 N–H and O–H groups in total. The van der Waals surface area contributed by atoms with E-state index in [4.69, 9.17) is 243 Å². The van der Waals surface area contributed by atoms with E-state index in [2.05, 4.69) is 338 Å². The van der Waals surface area contributed by atoms with Gasteiger partial charge in [0.1, 0.15) is 0 Å². The van der Waals surface area contributed by atoms with Crippen molar-refractivity contribution in [3.8, 4) is 24.7 Å². The molecular weight excluding hydrogens is 1660 g/mol. The summed E-state index contributed by atoms with van der Waals surface area (Å²) in [6.07, 6.45) is 12.5. The van der Waals surface area contributed by atoms with Crippen molar-refractivity contribution in [1.82, 2.24) is 0 Å². The molecule has 0 atom stereocenters. The largest absolute Gasteiger partial charge is 0.545 e. The number of hydrogen-bond acceptors (Lipinski definition) is 48. The predicted octanol–water partition coefficient (Wildman–Crippen LogP) is -11.7. The molecule has 0 heterocycles. The first-order valence-electron chi connectivity index (χ1n) is 13.6. The van der Waals surface area contributed by atoms with Crippen LogP contribution in [-0.4, -0.2) is 326 Å². The molecule has 648 valence electrons. The summed E-state index contributed by atoms with van der Waals surface area (Å²) in [5.41, 5.74) is 0. The van der Waals surface area contributed by atoms with E-state index in [1.165, 1.54) is 0 Å². The Balaban J connectivity index is -0.00000000548. The second-order valence-corrected chi connectivity index (χ2v) is 1.26. The van der Waals surface area contributed by atoms with E-state index >= 15 is 0 Å². The van der Waals surface area contributed by atoms with Gasteiger partial charge in [-0.2, -0.15) is 0 Å². The van der Waals surface area contributed by atoms with Crippen LogP contribution in [0.15, 0.2) is 0 Å². The van der Waals surface area contributed by atoms with Gasteiger partial charge in [-0.3, -0.25) is 326 Å². The van der Waals surface area contributed by atoms with Gasteiger partial charge in [0.05, 0.1) is 0 Å². The van der Waals surface area contributed by atoms with Crippen LogP contribution in [-0.2, 0) is 297 Å². The van der Waals surface area contributed by atoms with Crippen molar-refractivity contribution in [1.29, 1.82) is 0 Å². The van der Waals surface area contributed by atoms with Crippen LogP contribution in [0.2, 0.25) is 0 Å². The van der Waals surface area contributed by atoms with Gasteiger partial charge in [-0.25, -0.2) is 0 Å². The third-order valence-electron chi connectivity index (χ3n) is 0.642. The number of unbranched alkanes of at least 4 members (excludes halogenated alkanes) is 2. The SMILES string of the molecule is C#CCCCC#C.[CH-]=O.[CH-]=O.[CH-]=O.[CH-]=O.[CH-]=O.[CH-]=O.[CH-]=O.[CH-]=O.[CH-]=O.[CH-]=O.[CH-]=O.[CH-]=O.[CH-]=O.[CH-]=O.[CH-]=O.[CH-]=O.[CH-]=O.[CH-]=O.[CH-]=O.[CH-]=O.[CH-]=O.[CH-]=O.[CH-]=O.[CH-]=O.[CH-]=O.[CH-]=O.[CH-]=O.[CH-]=O.[CH-]=O.[CH-]=O.[CH-]=O.[CH-]=O.[CH-]=O.[CH-]=O.[CH-]=O.[CH-]=O.[CH-]=O.[CH-]=O.[CH-]=O.[CH-]=O.[CH-]=O.[CH-]=O.[CH-]=O.[CH-]=O.[CH-]=O.[CH-]=O.[CH-]=O.[CH-]=O.[Co].[Co].[Co].[Co]. The minimum Gasteiger partial charge on any atom is -0.545 e. The molecule has 0 aromatic carbocycles. The van der Waals surface area contributed by atoms with Gasteiger partial charge in [-0.1, -0.05) is 0 Å². The Morgan fingerprint density at radius 1 is 0.103 bits per heavy atom. The zero-order valence-corrected chi connectivity index (χ0v) is 57.1. The van der Waals surface area contributed by atoms with Crippen molar-refractivity contribution in [3.05, 3.63) is 0 Å². The Labute approximate surface area is 664 Å². The second kappa shape index (κ2) is 7920. The molecule has 0 aromatic rings. The van der Waals surface area contributed by atoms with Gasteiger partial charge in [-0.05, 0) is 6.42 Å². The molecule has 0 bridgehead atoms. The smallest absolute Gasteiger partial charge is 0.00951 e.